The normalized spacial score (nSPS) is 12.4. The summed E-state index contributed by atoms with van der Waals surface area (Å²) in [5, 5.41) is 0. The third-order valence-corrected chi connectivity index (χ3v) is 3.61. The van der Waals surface area contributed by atoms with E-state index in [0.717, 1.165) is 0 Å². The lowest BCUT2D eigenvalue weighted by Crippen LogP contribution is -2.12. The summed E-state index contributed by atoms with van der Waals surface area (Å²) in [7, 11) is -2.82. The summed E-state index contributed by atoms with van der Waals surface area (Å²) in [6.45, 7) is 1.86. The van der Waals surface area contributed by atoms with E-state index in [1.807, 2.05) is 6.92 Å². The molecule has 68 valence electrons. The van der Waals surface area contributed by atoms with Gasteiger partial charge in [-0.3, -0.25) is 0 Å². The van der Waals surface area contributed by atoms with Crippen molar-refractivity contribution in [3.8, 4) is 0 Å². The van der Waals surface area contributed by atoms with Crippen molar-refractivity contribution in [2.75, 3.05) is 11.5 Å². The summed E-state index contributed by atoms with van der Waals surface area (Å²) in [5.41, 5.74) is 0. The van der Waals surface area contributed by atoms with Gasteiger partial charge in [0, 0.05) is 10.3 Å². The molecule has 0 amide bonds. The number of thiol groups is 2. The van der Waals surface area contributed by atoms with Gasteiger partial charge < -0.3 is 0 Å². The van der Waals surface area contributed by atoms with E-state index in [9.17, 15) is 8.42 Å². The number of hydrogen-bond donors (Lipinski definition) is 2. The first-order valence-corrected chi connectivity index (χ1v) is 6.40. The van der Waals surface area contributed by atoms with Gasteiger partial charge in [0.1, 0.15) is 9.84 Å². The Labute approximate surface area is 79.5 Å². The first-order valence-electron chi connectivity index (χ1n) is 3.54. The van der Waals surface area contributed by atoms with Crippen LogP contribution >= 0.6 is 25.3 Å². The molecule has 0 fully saturated rings. The molecule has 0 aromatic carbocycles. The molecule has 0 N–H and O–H groups in total. The van der Waals surface area contributed by atoms with E-state index >= 15 is 0 Å². The van der Waals surface area contributed by atoms with Crippen LogP contribution in [0.2, 0.25) is 0 Å². The Morgan fingerprint density at radius 3 is 2.18 bits per heavy atom. The molecule has 0 saturated heterocycles. The summed E-state index contributed by atoms with van der Waals surface area (Å²) in [5.74, 6) is 0.486. The van der Waals surface area contributed by atoms with Crippen LogP contribution in [0.3, 0.4) is 0 Å². The van der Waals surface area contributed by atoms with Crippen molar-refractivity contribution < 1.29 is 8.42 Å². The molecule has 0 aliphatic rings. The molecule has 2 nitrogen and oxygen atoms in total. The maximum absolute atomic E-state index is 11.1. The van der Waals surface area contributed by atoms with Crippen LogP contribution in [0.1, 0.15) is 19.8 Å². The van der Waals surface area contributed by atoms with Crippen LogP contribution in [0.5, 0.6) is 0 Å². The van der Waals surface area contributed by atoms with Gasteiger partial charge in [-0.1, -0.05) is 6.92 Å². The number of sulfone groups is 1. The first-order chi connectivity index (χ1) is 4.98. The zero-order valence-corrected chi connectivity index (χ0v) is 9.13. The summed E-state index contributed by atoms with van der Waals surface area (Å²) in [6, 6.07) is 0. The van der Waals surface area contributed by atoms with Crippen molar-refractivity contribution in [2.24, 2.45) is 0 Å². The van der Waals surface area contributed by atoms with Crippen LogP contribution in [0, 0.1) is 0 Å². The minimum Gasteiger partial charge on any atom is -0.229 e. The minimum absolute atomic E-state index is 0.123. The highest BCUT2D eigenvalue weighted by Crippen LogP contribution is 2.08. The largest absolute Gasteiger partial charge is 0.229 e. The van der Waals surface area contributed by atoms with Gasteiger partial charge in [0.05, 0.1) is 5.75 Å². The monoisotopic (exact) mass is 214 g/mol. The van der Waals surface area contributed by atoms with Gasteiger partial charge in [-0.15, -0.1) is 0 Å². The Morgan fingerprint density at radius 1 is 1.27 bits per heavy atom. The van der Waals surface area contributed by atoms with E-state index < -0.39 is 9.84 Å². The van der Waals surface area contributed by atoms with Crippen LogP contribution in [-0.4, -0.2) is 24.5 Å². The lowest BCUT2D eigenvalue weighted by Gasteiger charge is -2.03. The fraction of sp³-hybridized carbons (Fsp3) is 1.00. The quantitative estimate of drug-likeness (QED) is 0.536. The first kappa shape index (κ1) is 11.6. The van der Waals surface area contributed by atoms with Gasteiger partial charge in [-0.05, 0) is 12.8 Å². The van der Waals surface area contributed by atoms with Crippen LogP contribution in [-0.2, 0) is 9.84 Å². The van der Waals surface area contributed by atoms with Crippen LogP contribution < -0.4 is 0 Å². The van der Waals surface area contributed by atoms with E-state index in [1.165, 1.54) is 0 Å². The predicted octanol–water partition coefficient (Wildman–Crippen LogP) is 1.39. The summed E-state index contributed by atoms with van der Waals surface area (Å²) < 4.78 is 22.0. The third-order valence-electron chi connectivity index (χ3n) is 1.20. The second kappa shape index (κ2) is 5.32. The zero-order chi connectivity index (χ0) is 8.91. The Balaban J connectivity index is 3.74. The molecule has 0 bridgehead atoms. The average Bonchev–Trinajstić information content (AvgIpc) is 1.84. The summed E-state index contributed by atoms with van der Waals surface area (Å²) >= 11 is 7.96. The Kier molecular flexibility index (Phi) is 5.64. The van der Waals surface area contributed by atoms with Crippen molar-refractivity contribution in [3.05, 3.63) is 0 Å². The molecule has 0 unspecified atom stereocenters. The molecule has 0 aromatic heterocycles. The van der Waals surface area contributed by atoms with E-state index in [2.05, 4.69) is 25.3 Å². The highest BCUT2D eigenvalue weighted by Gasteiger charge is 2.09. The molecule has 0 radical (unpaired) electrons. The maximum atomic E-state index is 11.1. The van der Waals surface area contributed by atoms with Gasteiger partial charge in [0.25, 0.3) is 0 Å². The zero-order valence-electron chi connectivity index (χ0n) is 6.52. The average molecular weight is 214 g/mol. The summed E-state index contributed by atoms with van der Waals surface area (Å²) in [4.78, 5) is 0. The van der Waals surface area contributed by atoms with Crippen molar-refractivity contribution in [3.63, 3.8) is 0 Å². The van der Waals surface area contributed by atoms with Crippen LogP contribution in [0.4, 0.5) is 0 Å². The maximum Gasteiger partial charge on any atom is 0.150 e. The fourth-order valence-electron chi connectivity index (χ4n) is 0.698. The molecular weight excluding hydrogens is 200 g/mol. The topological polar surface area (TPSA) is 34.1 Å². The molecule has 0 heterocycles. The lowest BCUT2D eigenvalue weighted by atomic mass is 10.6. The Morgan fingerprint density at radius 2 is 1.82 bits per heavy atom. The molecule has 0 atom stereocenters. The van der Waals surface area contributed by atoms with Crippen LogP contribution in [0.15, 0.2) is 0 Å². The highest BCUT2D eigenvalue weighted by atomic mass is 32.2. The van der Waals surface area contributed by atoms with Crippen molar-refractivity contribution in [1.82, 2.24) is 0 Å². The molecule has 0 aliphatic heterocycles. The van der Waals surface area contributed by atoms with E-state index in [1.54, 1.807) is 0 Å². The number of rotatable bonds is 5. The molecular formula is C6H14O2S3. The Bertz CT molecular complexity index is 184. The van der Waals surface area contributed by atoms with E-state index in [-0.39, 0.29) is 16.1 Å². The molecule has 0 rings (SSSR count). The molecule has 0 aliphatic carbocycles. The smallest absolute Gasteiger partial charge is 0.150 e. The predicted molar refractivity (Wildman–Crippen MR) is 55.3 cm³/mol. The van der Waals surface area contributed by atoms with Gasteiger partial charge in [-0.25, -0.2) is 8.42 Å². The molecule has 11 heavy (non-hydrogen) atoms. The minimum atomic E-state index is -2.82. The Hall–Kier alpha value is 0.650. The SMILES string of the molecule is CCCS(=O)(=O)CCC(S)S. The molecule has 0 spiro atoms. The van der Waals surface area contributed by atoms with Gasteiger partial charge in [0.15, 0.2) is 0 Å². The molecule has 5 heteroatoms. The fourth-order valence-corrected chi connectivity index (χ4v) is 2.73. The molecule has 0 aromatic rings. The van der Waals surface area contributed by atoms with Crippen molar-refractivity contribution in [1.29, 1.82) is 0 Å². The highest BCUT2D eigenvalue weighted by molar-refractivity contribution is 7.99. The second-order valence-corrected chi connectivity index (χ2v) is 6.38. The third kappa shape index (κ3) is 7.03. The van der Waals surface area contributed by atoms with Crippen LogP contribution in [0.25, 0.3) is 0 Å². The standard InChI is InChI=1S/C6H14O2S3/c1-2-4-11(7,8)5-3-6(9)10/h6,9-10H,2-5H2,1H3. The van der Waals surface area contributed by atoms with Gasteiger partial charge in [-0.2, -0.15) is 25.3 Å². The lowest BCUT2D eigenvalue weighted by molar-refractivity contribution is 0.593. The van der Waals surface area contributed by atoms with Crippen molar-refractivity contribution >= 4 is 35.1 Å². The number of hydrogen-bond acceptors (Lipinski definition) is 4. The second-order valence-electron chi connectivity index (χ2n) is 2.42. The van der Waals surface area contributed by atoms with E-state index in [4.69, 9.17) is 0 Å². The van der Waals surface area contributed by atoms with E-state index in [0.29, 0.717) is 12.8 Å². The molecule has 0 saturated carbocycles. The van der Waals surface area contributed by atoms with Gasteiger partial charge >= 0.3 is 0 Å². The summed E-state index contributed by atoms with van der Waals surface area (Å²) in [6.07, 6.45) is 1.21. The van der Waals surface area contributed by atoms with Crippen molar-refractivity contribution in [2.45, 2.75) is 24.3 Å². The van der Waals surface area contributed by atoms with Gasteiger partial charge in [0.2, 0.25) is 0 Å².